The van der Waals surface area contributed by atoms with Crippen molar-refractivity contribution in [3.05, 3.63) is 57.1 Å². The molecule has 0 spiro atoms. The van der Waals surface area contributed by atoms with Gasteiger partial charge < -0.3 is 4.90 Å². The summed E-state index contributed by atoms with van der Waals surface area (Å²) in [5.74, 6) is -0.158. The Hall–Kier alpha value is -1.37. The lowest BCUT2D eigenvalue weighted by atomic mass is 10.1. The van der Waals surface area contributed by atoms with E-state index in [1.54, 1.807) is 23.1 Å². The highest BCUT2D eigenvalue weighted by Crippen LogP contribution is 2.33. The Kier molecular flexibility index (Phi) is 8.32. The summed E-state index contributed by atoms with van der Waals surface area (Å²) in [5.41, 5.74) is 3.68. The number of aromatic nitrogens is 1. The van der Waals surface area contributed by atoms with E-state index in [9.17, 15) is 4.79 Å². The first-order valence-corrected chi connectivity index (χ1v) is 10.6. The number of anilines is 1. The maximum absolute atomic E-state index is 13.3. The van der Waals surface area contributed by atoms with E-state index in [4.69, 9.17) is 28.2 Å². The van der Waals surface area contributed by atoms with Crippen LogP contribution in [0.3, 0.4) is 0 Å². The number of carbonyl (C=O) groups is 1. The van der Waals surface area contributed by atoms with Gasteiger partial charge in [0.25, 0.3) is 5.91 Å². The van der Waals surface area contributed by atoms with Crippen molar-refractivity contribution in [3.8, 4) is 0 Å². The Bertz CT molecular complexity index is 1020. The molecular weight excluding hydrogens is 449 g/mol. The Morgan fingerprint density at radius 2 is 1.83 bits per heavy atom. The smallest absolute Gasteiger partial charge is 0.261 e. The lowest BCUT2D eigenvalue weighted by Crippen LogP contribution is -2.33. The molecule has 0 aliphatic heterocycles. The molecule has 3 rings (SSSR count). The lowest BCUT2D eigenvalue weighted by molar-refractivity contribution is 0.0986. The number of benzene rings is 2. The number of fused-ring (bicyclic) bond motifs is 1. The predicted octanol–water partition coefficient (Wildman–Crippen LogP) is 6.24. The van der Waals surface area contributed by atoms with E-state index in [0.717, 1.165) is 28.7 Å². The molecule has 0 aliphatic carbocycles. The van der Waals surface area contributed by atoms with E-state index in [-0.39, 0.29) is 18.3 Å². The van der Waals surface area contributed by atoms with Crippen molar-refractivity contribution in [1.29, 1.82) is 0 Å². The van der Waals surface area contributed by atoms with Gasteiger partial charge in [-0.3, -0.25) is 9.69 Å². The van der Waals surface area contributed by atoms with Gasteiger partial charge in [-0.15, -0.1) is 12.4 Å². The van der Waals surface area contributed by atoms with Gasteiger partial charge in [0, 0.05) is 11.6 Å². The summed E-state index contributed by atoms with van der Waals surface area (Å²) in [5, 5.41) is 1.55. The molecule has 3 aromatic rings. The number of nitrogens with zero attached hydrogens (tertiary/aromatic N) is 3. The molecule has 8 heteroatoms. The zero-order chi connectivity index (χ0) is 20.4. The Morgan fingerprint density at radius 1 is 1.10 bits per heavy atom. The lowest BCUT2D eigenvalue weighted by Gasteiger charge is -2.21. The highest BCUT2D eigenvalue weighted by Gasteiger charge is 2.23. The minimum atomic E-state index is -0.158. The van der Waals surface area contributed by atoms with Crippen LogP contribution < -0.4 is 4.90 Å². The first-order chi connectivity index (χ1) is 13.3. The largest absolute Gasteiger partial charge is 0.309 e. The van der Waals surface area contributed by atoms with Crippen LogP contribution in [0.5, 0.6) is 0 Å². The molecule has 0 aliphatic rings. The van der Waals surface area contributed by atoms with Crippen LogP contribution in [-0.4, -0.2) is 43.0 Å². The molecule has 0 bridgehead atoms. The third-order valence-electron chi connectivity index (χ3n) is 4.44. The monoisotopic (exact) mass is 471 g/mol. The highest BCUT2D eigenvalue weighted by molar-refractivity contribution is 7.22. The second kappa shape index (κ2) is 10.1. The van der Waals surface area contributed by atoms with Gasteiger partial charge >= 0.3 is 0 Å². The van der Waals surface area contributed by atoms with Crippen molar-refractivity contribution in [2.45, 2.75) is 20.3 Å². The van der Waals surface area contributed by atoms with Crippen molar-refractivity contribution in [2.75, 3.05) is 32.1 Å². The highest BCUT2D eigenvalue weighted by atomic mass is 35.5. The van der Waals surface area contributed by atoms with Crippen LogP contribution in [0.2, 0.25) is 10.0 Å². The summed E-state index contributed by atoms with van der Waals surface area (Å²) in [6.07, 6.45) is 0.831. The van der Waals surface area contributed by atoms with E-state index in [2.05, 4.69) is 24.0 Å². The van der Waals surface area contributed by atoms with Crippen molar-refractivity contribution in [1.82, 2.24) is 9.88 Å². The molecule has 0 unspecified atom stereocenters. The molecule has 1 heterocycles. The number of hydrogen-bond donors (Lipinski definition) is 0. The van der Waals surface area contributed by atoms with Gasteiger partial charge in [0.05, 0.1) is 20.8 Å². The maximum Gasteiger partial charge on any atom is 0.261 e. The van der Waals surface area contributed by atoms with Crippen molar-refractivity contribution in [2.24, 2.45) is 0 Å². The summed E-state index contributed by atoms with van der Waals surface area (Å²) in [6.45, 7) is 5.56. The topological polar surface area (TPSA) is 36.4 Å². The molecule has 0 radical (unpaired) electrons. The number of rotatable bonds is 6. The van der Waals surface area contributed by atoms with Crippen molar-refractivity contribution < 1.29 is 4.79 Å². The van der Waals surface area contributed by atoms with E-state index in [0.29, 0.717) is 27.3 Å². The fourth-order valence-electron chi connectivity index (χ4n) is 3.11. The average Bonchev–Trinajstić information content (AvgIpc) is 3.02. The second-order valence-corrected chi connectivity index (χ2v) is 9.02. The van der Waals surface area contributed by atoms with Crippen LogP contribution in [0, 0.1) is 13.8 Å². The SMILES string of the molecule is Cc1cc(C)c2nc(N(CCCN(C)C)C(=O)c3ccc(Cl)cc3Cl)sc2c1.Cl. The zero-order valence-corrected chi connectivity index (χ0v) is 20.0. The van der Waals surface area contributed by atoms with Crippen LogP contribution in [0.1, 0.15) is 27.9 Å². The normalized spacial score (nSPS) is 11.0. The van der Waals surface area contributed by atoms with Crippen LogP contribution in [-0.2, 0) is 0 Å². The Morgan fingerprint density at radius 3 is 2.48 bits per heavy atom. The molecule has 0 atom stereocenters. The fraction of sp³-hybridized carbons (Fsp3) is 0.333. The summed E-state index contributed by atoms with van der Waals surface area (Å²) in [6, 6.07) is 9.18. The third-order valence-corrected chi connectivity index (χ3v) is 6.02. The molecule has 1 amide bonds. The van der Waals surface area contributed by atoms with Gasteiger partial charge in [-0.2, -0.15) is 0 Å². The van der Waals surface area contributed by atoms with Gasteiger partial charge in [-0.25, -0.2) is 4.98 Å². The molecule has 2 aromatic carbocycles. The molecule has 0 N–H and O–H groups in total. The predicted molar refractivity (Wildman–Crippen MR) is 128 cm³/mol. The quantitative estimate of drug-likeness (QED) is 0.426. The number of amides is 1. The zero-order valence-electron chi connectivity index (χ0n) is 16.8. The molecule has 156 valence electrons. The molecule has 1 aromatic heterocycles. The first-order valence-electron chi connectivity index (χ1n) is 9.05. The minimum absolute atomic E-state index is 0. The Balaban J connectivity index is 0.00000300. The second-order valence-electron chi connectivity index (χ2n) is 7.16. The van der Waals surface area contributed by atoms with Crippen LogP contribution >= 0.6 is 46.9 Å². The van der Waals surface area contributed by atoms with E-state index in [1.807, 2.05) is 21.0 Å². The van der Waals surface area contributed by atoms with Crippen molar-refractivity contribution in [3.63, 3.8) is 0 Å². The van der Waals surface area contributed by atoms with Crippen LogP contribution in [0.25, 0.3) is 10.2 Å². The number of halogens is 3. The Labute approximate surface area is 191 Å². The number of carbonyl (C=O) groups excluding carboxylic acids is 1. The van der Waals surface area contributed by atoms with Crippen LogP contribution in [0.4, 0.5) is 5.13 Å². The summed E-state index contributed by atoms with van der Waals surface area (Å²) >= 11 is 13.8. The van der Waals surface area contributed by atoms with E-state index >= 15 is 0 Å². The van der Waals surface area contributed by atoms with Gasteiger partial charge in [-0.05, 0) is 76.3 Å². The summed E-state index contributed by atoms with van der Waals surface area (Å²) < 4.78 is 1.08. The van der Waals surface area contributed by atoms with Crippen LogP contribution in [0.15, 0.2) is 30.3 Å². The molecule has 0 saturated heterocycles. The maximum atomic E-state index is 13.3. The van der Waals surface area contributed by atoms with Gasteiger partial charge in [0.15, 0.2) is 5.13 Å². The molecule has 29 heavy (non-hydrogen) atoms. The van der Waals surface area contributed by atoms with Gasteiger partial charge in [0.1, 0.15) is 0 Å². The van der Waals surface area contributed by atoms with Gasteiger partial charge in [0.2, 0.25) is 0 Å². The standard InChI is InChI=1S/C21H23Cl2N3OS.ClH/c1-13-10-14(2)19-18(11-13)28-21(24-19)26(9-5-8-25(3)4)20(27)16-7-6-15(22)12-17(16)23;/h6-7,10-12H,5,8-9H2,1-4H3;1H. The summed E-state index contributed by atoms with van der Waals surface area (Å²) in [4.78, 5) is 22.0. The molecular formula is C21H24Cl3N3OS. The molecule has 0 fully saturated rings. The van der Waals surface area contributed by atoms with Gasteiger partial charge in [-0.1, -0.05) is 40.6 Å². The number of aryl methyl sites for hydroxylation is 2. The summed E-state index contributed by atoms with van der Waals surface area (Å²) in [7, 11) is 4.04. The first kappa shape index (κ1) is 23.9. The number of thiazole rings is 1. The van der Waals surface area contributed by atoms with E-state index < -0.39 is 0 Å². The fourth-order valence-corrected chi connectivity index (χ4v) is 4.77. The van der Waals surface area contributed by atoms with Crippen molar-refractivity contribution >= 4 is 68.2 Å². The number of hydrogen-bond acceptors (Lipinski definition) is 4. The molecule has 4 nitrogen and oxygen atoms in total. The van der Waals surface area contributed by atoms with E-state index in [1.165, 1.54) is 16.9 Å². The minimum Gasteiger partial charge on any atom is -0.309 e. The third kappa shape index (κ3) is 5.62. The average molecular weight is 473 g/mol. The molecule has 0 saturated carbocycles.